The first kappa shape index (κ1) is 23.1. The van der Waals surface area contributed by atoms with Gasteiger partial charge in [-0.25, -0.2) is 4.79 Å². The van der Waals surface area contributed by atoms with E-state index in [4.69, 9.17) is 9.16 Å². The van der Waals surface area contributed by atoms with E-state index in [0.717, 1.165) is 0 Å². The minimum absolute atomic E-state index is 0.127. The lowest BCUT2D eigenvalue weighted by Crippen LogP contribution is -2.41. The molecule has 1 fully saturated rings. The van der Waals surface area contributed by atoms with Gasteiger partial charge in [-0.15, -0.1) is 0 Å². The molecule has 2 N–H and O–H groups in total. The van der Waals surface area contributed by atoms with Crippen molar-refractivity contribution in [3.05, 3.63) is 32.6 Å². The minimum Gasteiger partial charge on any atom is -0.417 e. The molecule has 0 amide bonds. The zero-order chi connectivity index (χ0) is 21.4. The maximum Gasteiger partial charge on any atom is 0.330 e. The molecule has 0 saturated carbocycles. The van der Waals surface area contributed by atoms with Crippen LogP contribution in [0.5, 0.6) is 0 Å². The quantitative estimate of drug-likeness (QED) is 0.724. The van der Waals surface area contributed by atoms with Gasteiger partial charge in [-0.3, -0.25) is 14.3 Å². The number of H-pyrrole nitrogens is 1. The maximum absolute atomic E-state index is 12.1. The molecule has 1 aromatic heterocycles. The van der Waals surface area contributed by atoms with Gasteiger partial charge in [0.05, 0.1) is 12.7 Å². The summed E-state index contributed by atoms with van der Waals surface area (Å²) in [5.41, 5.74) is 0.188. The molecule has 0 bridgehead atoms. The van der Waals surface area contributed by atoms with Gasteiger partial charge in [-0.05, 0) is 29.8 Å². The lowest BCUT2D eigenvalue weighted by atomic mass is 9.77. The van der Waals surface area contributed by atoms with Crippen LogP contribution in [0.1, 0.15) is 59.8 Å². The van der Waals surface area contributed by atoms with Crippen molar-refractivity contribution < 1.29 is 14.3 Å². The third-order valence-corrected chi connectivity index (χ3v) is 9.18. The summed E-state index contributed by atoms with van der Waals surface area (Å²) in [5.74, 6) is 0. The highest BCUT2D eigenvalue weighted by Crippen LogP contribution is 2.47. The Kier molecular flexibility index (Phi) is 6.80. The zero-order valence-corrected chi connectivity index (χ0v) is 19.6. The standard InChI is InChI=1S/C20H36N2O5Si/c1-12-10-22(18(25)21-16(12)24)15-9-13(23)14(27-15)11-26-28(8)17(19(2,3)4)20(5,6)7/h10,13-15,17,23,28H,9,11H2,1-8H3,(H,21,24,25)/t13-,14+,15+,28?/m0/s1. The summed E-state index contributed by atoms with van der Waals surface area (Å²) in [6, 6.07) is 0. The van der Waals surface area contributed by atoms with E-state index in [1.807, 2.05) is 0 Å². The first-order valence-electron chi connectivity index (χ1n) is 9.99. The molecule has 2 heterocycles. The molecule has 0 spiro atoms. The third-order valence-electron chi connectivity index (χ3n) is 5.52. The smallest absolute Gasteiger partial charge is 0.330 e. The third kappa shape index (κ3) is 5.22. The van der Waals surface area contributed by atoms with Gasteiger partial charge in [0.1, 0.15) is 12.3 Å². The number of rotatable bonds is 5. The second kappa shape index (κ2) is 8.26. The van der Waals surface area contributed by atoms with Crippen molar-refractivity contribution in [1.29, 1.82) is 0 Å². The number of nitrogens with zero attached hydrogens (tertiary/aromatic N) is 1. The van der Waals surface area contributed by atoms with Crippen molar-refractivity contribution in [3.8, 4) is 0 Å². The minimum atomic E-state index is -1.58. The molecular weight excluding hydrogens is 376 g/mol. The van der Waals surface area contributed by atoms with Crippen LogP contribution in [0.25, 0.3) is 0 Å². The summed E-state index contributed by atoms with van der Waals surface area (Å²) in [4.78, 5) is 25.9. The summed E-state index contributed by atoms with van der Waals surface area (Å²) in [5, 5.41) is 10.4. The van der Waals surface area contributed by atoms with E-state index >= 15 is 0 Å². The normalized spacial score (nSPS) is 24.7. The van der Waals surface area contributed by atoms with Crippen LogP contribution in [-0.2, 0) is 9.16 Å². The number of ether oxygens (including phenoxy) is 1. The van der Waals surface area contributed by atoms with Crippen molar-refractivity contribution in [3.63, 3.8) is 0 Å². The summed E-state index contributed by atoms with van der Waals surface area (Å²) in [6.07, 6.45) is -0.0384. The van der Waals surface area contributed by atoms with Gasteiger partial charge in [-0.1, -0.05) is 41.5 Å². The fourth-order valence-electron chi connectivity index (χ4n) is 4.89. The van der Waals surface area contributed by atoms with E-state index in [2.05, 4.69) is 53.1 Å². The van der Waals surface area contributed by atoms with Crippen molar-refractivity contribution >= 4 is 9.04 Å². The van der Waals surface area contributed by atoms with Gasteiger partial charge in [0.2, 0.25) is 0 Å². The van der Waals surface area contributed by atoms with E-state index in [1.165, 1.54) is 10.8 Å². The fraction of sp³-hybridized carbons (Fsp3) is 0.800. The van der Waals surface area contributed by atoms with Crippen molar-refractivity contribution in [2.24, 2.45) is 10.8 Å². The Hall–Kier alpha value is -1.22. The van der Waals surface area contributed by atoms with Crippen LogP contribution < -0.4 is 11.2 Å². The largest absolute Gasteiger partial charge is 0.417 e. The molecule has 8 heteroatoms. The van der Waals surface area contributed by atoms with Crippen molar-refractivity contribution in [2.75, 3.05) is 6.61 Å². The summed E-state index contributed by atoms with van der Waals surface area (Å²) in [7, 11) is -1.58. The summed E-state index contributed by atoms with van der Waals surface area (Å²) >= 11 is 0. The topological polar surface area (TPSA) is 93.6 Å². The molecule has 4 atom stereocenters. The predicted molar refractivity (Wildman–Crippen MR) is 112 cm³/mol. The van der Waals surface area contributed by atoms with E-state index in [-0.39, 0.29) is 17.3 Å². The van der Waals surface area contributed by atoms with Crippen LogP contribution in [0.2, 0.25) is 12.1 Å². The Morgan fingerprint density at radius 3 is 2.39 bits per heavy atom. The van der Waals surface area contributed by atoms with Gasteiger partial charge >= 0.3 is 5.69 Å². The molecule has 1 aromatic rings. The van der Waals surface area contributed by atoms with Gasteiger partial charge in [-0.2, -0.15) is 0 Å². The van der Waals surface area contributed by atoms with Crippen LogP contribution in [-0.4, -0.2) is 42.5 Å². The molecule has 2 rings (SSSR count). The fourth-order valence-corrected chi connectivity index (χ4v) is 8.39. The van der Waals surface area contributed by atoms with E-state index in [0.29, 0.717) is 17.7 Å². The van der Waals surface area contributed by atoms with Crippen LogP contribution in [0, 0.1) is 17.8 Å². The SMILES string of the molecule is Cc1cn([C@H]2C[C@H](O)[C@@H](CO[SiH](C)C(C(C)(C)C)C(C)(C)C)O2)c(=O)[nH]c1=O. The van der Waals surface area contributed by atoms with Crippen LogP contribution in [0.4, 0.5) is 0 Å². The van der Waals surface area contributed by atoms with Crippen molar-refractivity contribution in [2.45, 2.75) is 85.4 Å². The predicted octanol–water partition coefficient (Wildman–Crippen LogP) is 2.33. The van der Waals surface area contributed by atoms with E-state index in [9.17, 15) is 14.7 Å². The summed E-state index contributed by atoms with van der Waals surface area (Å²) in [6.45, 7) is 17.6. The maximum atomic E-state index is 12.1. The second-order valence-electron chi connectivity index (χ2n) is 10.2. The van der Waals surface area contributed by atoms with Crippen LogP contribution >= 0.6 is 0 Å². The van der Waals surface area contributed by atoms with Gasteiger partial charge < -0.3 is 14.3 Å². The molecule has 0 aliphatic carbocycles. The molecule has 0 aromatic carbocycles. The Bertz CT molecular complexity index is 776. The molecule has 7 nitrogen and oxygen atoms in total. The molecule has 1 aliphatic heterocycles. The zero-order valence-electron chi connectivity index (χ0n) is 18.4. The highest BCUT2D eigenvalue weighted by Gasteiger charge is 2.42. The molecule has 1 unspecified atom stereocenters. The van der Waals surface area contributed by atoms with E-state index in [1.54, 1.807) is 6.92 Å². The first-order chi connectivity index (χ1) is 12.7. The molecule has 160 valence electrons. The number of aromatic amines is 1. The highest BCUT2D eigenvalue weighted by atomic mass is 28.3. The average molecular weight is 413 g/mol. The average Bonchev–Trinajstić information content (AvgIpc) is 2.86. The highest BCUT2D eigenvalue weighted by molar-refractivity contribution is 6.52. The first-order valence-corrected chi connectivity index (χ1v) is 12.3. The molecular formula is C20H36N2O5Si. The lowest BCUT2D eigenvalue weighted by Gasteiger charge is -2.43. The molecule has 28 heavy (non-hydrogen) atoms. The Morgan fingerprint density at radius 1 is 1.29 bits per heavy atom. The summed E-state index contributed by atoms with van der Waals surface area (Å²) < 4.78 is 13.5. The number of aliphatic hydroxyl groups excluding tert-OH is 1. The van der Waals surface area contributed by atoms with Crippen LogP contribution in [0.15, 0.2) is 15.8 Å². The number of nitrogens with one attached hydrogen (secondary N) is 1. The van der Waals surface area contributed by atoms with Gasteiger partial charge in [0.15, 0.2) is 9.04 Å². The van der Waals surface area contributed by atoms with Gasteiger partial charge in [0.25, 0.3) is 5.56 Å². The molecule has 1 saturated heterocycles. The van der Waals surface area contributed by atoms with Crippen molar-refractivity contribution in [1.82, 2.24) is 9.55 Å². The number of aryl methyl sites for hydroxylation is 1. The number of aliphatic hydroxyl groups is 1. The monoisotopic (exact) mass is 412 g/mol. The van der Waals surface area contributed by atoms with E-state index < -0.39 is 38.7 Å². The second-order valence-corrected chi connectivity index (χ2v) is 12.6. The number of aromatic nitrogens is 2. The number of hydrogen-bond acceptors (Lipinski definition) is 5. The Labute approximate surface area is 168 Å². The molecule has 1 aliphatic rings. The van der Waals surface area contributed by atoms with Crippen LogP contribution in [0.3, 0.4) is 0 Å². The van der Waals surface area contributed by atoms with Gasteiger partial charge in [0, 0.05) is 18.2 Å². The lowest BCUT2D eigenvalue weighted by molar-refractivity contribution is -0.0427. The number of hydrogen-bond donors (Lipinski definition) is 2. The molecule has 0 radical (unpaired) electrons. The Morgan fingerprint density at radius 2 is 1.86 bits per heavy atom. The Balaban J connectivity index is 2.07.